The van der Waals surface area contributed by atoms with E-state index in [0.717, 1.165) is 25.6 Å². The summed E-state index contributed by atoms with van der Waals surface area (Å²) in [6.07, 6.45) is 7.67. The van der Waals surface area contributed by atoms with E-state index in [9.17, 15) is 4.79 Å². The molecule has 2 rings (SSSR count). The molecule has 0 radical (unpaired) electrons. The molecule has 104 valence electrons. The maximum atomic E-state index is 12.3. The molecule has 0 aromatic heterocycles. The van der Waals surface area contributed by atoms with Crippen molar-refractivity contribution in [1.29, 1.82) is 0 Å². The molecular formula is C15H28N2O. The van der Waals surface area contributed by atoms with Crippen LogP contribution in [-0.2, 0) is 4.79 Å². The summed E-state index contributed by atoms with van der Waals surface area (Å²) in [5.74, 6) is 1.61. The summed E-state index contributed by atoms with van der Waals surface area (Å²) in [6.45, 7) is 7.17. The van der Waals surface area contributed by atoms with Crippen molar-refractivity contribution >= 4 is 5.91 Å². The van der Waals surface area contributed by atoms with Crippen LogP contribution in [0.15, 0.2) is 0 Å². The maximum absolute atomic E-state index is 12.3. The molecule has 1 aliphatic carbocycles. The van der Waals surface area contributed by atoms with Crippen molar-refractivity contribution in [3.8, 4) is 0 Å². The zero-order valence-electron chi connectivity index (χ0n) is 11.9. The van der Waals surface area contributed by atoms with Crippen molar-refractivity contribution in [1.82, 2.24) is 10.6 Å². The van der Waals surface area contributed by atoms with Crippen molar-refractivity contribution < 1.29 is 4.79 Å². The minimum Gasteiger partial charge on any atom is -0.356 e. The molecule has 0 aromatic rings. The molecule has 1 heterocycles. The van der Waals surface area contributed by atoms with Gasteiger partial charge in [-0.15, -0.1) is 0 Å². The maximum Gasteiger partial charge on any atom is 0.225 e. The first-order chi connectivity index (χ1) is 8.60. The third-order valence-electron chi connectivity index (χ3n) is 4.97. The Hall–Kier alpha value is -0.570. The standard InChI is InChI=1S/C15H28N2O/c1-15(2,13-7-4-9-16-11-13)14(18)17-10-8-12-5-3-6-12/h12-13,16H,3-11H2,1-2H3,(H,17,18). The van der Waals surface area contributed by atoms with Crippen molar-refractivity contribution in [2.24, 2.45) is 17.3 Å². The SMILES string of the molecule is CC(C)(C(=O)NCCC1CCC1)C1CCCNC1. The van der Waals surface area contributed by atoms with Crippen LogP contribution in [0.3, 0.4) is 0 Å². The van der Waals surface area contributed by atoms with E-state index in [0.29, 0.717) is 5.92 Å². The fourth-order valence-corrected chi connectivity index (χ4v) is 3.05. The summed E-state index contributed by atoms with van der Waals surface area (Å²) in [5, 5.41) is 6.56. The smallest absolute Gasteiger partial charge is 0.225 e. The number of rotatable bonds is 5. The Labute approximate surface area is 111 Å². The first-order valence-corrected chi connectivity index (χ1v) is 7.59. The molecule has 0 aromatic carbocycles. The molecular weight excluding hydrogens is 224 g/mol. The third kappa shape index (κ3) is 3.25. The van der Waals surface area contributed by atoms with Gasteiger partial charge in [0.1, 0.15) is 0 Å². The Balaban J connectivity index is 1.74. The van der Waals surface area contributed by atoms with E-state index in [4.69, 9.17) is 0 Å². The molecule has 0 bridgehead atoms. The second-order valence-electron chi connectivity index (χ2n) is 6.61. The number of hydrogen-bond donors (Lipinski definition) is 2. The lowest BCUT2D eigenvalue weighted by atomic mass is 9.74. The Kier molecular flexibility index (Phi) is 4.66. The van der Waals surface area contributed by atoms with E-state index in [-0.39, 0.29) is 11.3 Å². The van der Waals surface area contributed by atoms with E-state index in [1.807, 2.05) is 0 Å². The van der Waals surface area contributed by atoms with Gasteiger partial charge in [-0.1, -0.05) is 33.1 Å². The van der Waals surface area contributed by atoms with E-state index < -0.39 is 0 Å². The van der Waals surface area contributed by atoms with Gasteiger partial charge in [0.2, 0.25) is 5.91 Å². The second kappa shape index (κ2) is 6.05. The van der Waals surface area contributed by atoms with Crippen LogP contribution in [0, 0.1) is 17.3 Å². The summed E-state index contributed by atoms with van der Waals surface area (Å²) >= 11 is 0. The van der Waals surface area contributed by atoms with Crippen LogP contribution in [0.25, 0.3) is 0 Å². The Morgan fingerprint density at radius 1 is 1.28 bits per heavy atom. The zero-order chi connectivity index (χ0) is 13.0. The molecule has 1 unspecified atom stereocenters. The van der Waals surface area contributed by atoms with Crippen molar-refractivity contribution in [2.45, 2.75) is 52.4 Å². The number of carbonyl (C=O) groups excluding carboxylic acids is 1. The number of nitrogens with one attached hydrogen (secondary N) is 2. The lowest BCUT2D eigenvalue weighted by Gasteiger charge is -2.36. The van der Waals surface area contributed by atoms with Crippen molar-refractivity contribution in [3.63, 3.8) is 0 Å². The molecule has 1 amide bonds. The summed E-state index contributed by atoms with van der Waals surface area (Å²) < 4.78 is 0. The minimum absolute atomic E-state index is 0.229. The minimum atomic E-state index is -0.229. The number of hydrogen-bond acceptors (Lipinski definition) is 2. The normalized spacial score (nSPS) is 25.6. The van der Waals surface area contributed by atoms with Crippen LogP contribution in [0.2, 0.25) is 0 Å². The van der Waals surface area contributed by atoms with Crippen LogP contribution in [0.1, 0.15) is 52.4 Å². The van der Waals surface area contributed by atoms with Gasteiger partial charge in [0, 0.05) is 12.0 Å². The summed E-state index contributed by atoms with van der Waals surface area (Å²) in [7, 11) is 0. The molecule has 2 aliphatic rings. The topological polar surface area (TPSA) is 41.1 Å². The van der Waals surface area contributed by atoms with Gasteiger partial charge in [-0.05, 0) is 44.2 Å². The largest absolute Gasteiger partial charge is 0.356 e. The lowest BCUT2D eigenvalue weighted by Crippen LogP contribution is -2.47. The third-order valence-corrected chi connectivity index (χ3v) is 4.97. The van der Waals surface area contributed by atoms with Gasteiger partial charge >= 0.3 is 0 Å². The van der Waals surface area contributed by atoms with Gasteiger partial charge < -0.3 is 10.6 Å². The fraction of sp³-hybridized carbons (Fsp3) is 0.933. The molecule has 1 atom stereocenters. The first kappa shape index (κ1) is 13.9. The molecule has 2 N–H and O–H groups in total. The van der Waals surface area contributed by atoms with E-state index in [1.54, 1.807) is 0 Å². The van der Waals surface area contributed by atoms with Crippen LogP contribution >= 0.6 is 0 Å². The van der Waals surface area contributed by atoms with Crippen molar-refractivity contribution in [2.75, 3.05) is 19.6 Å². The quantitative estimate of drug-likeness (QED) is 0.788. The van der Waals surface area contributed by atoms with Gasteiger partial charge in [-0.25, -0.2) is 0 Å². The average Bonchev–Trinajstić information content (AvgIpc) is 2.33. The molecule has 3 nitrogen and oxygen atoms in total. The zero-order valence-corrected chi connectivity index (χ0v) is 11.9. The molecule has 1 saturated carbocycles. The van der Waals surface area contributed by atoms with Gasteiger partial charge in [0.25, 0.3) is 0 Å². The second-order valence-corrected chi connectivity index (χ2v) is 6.61. The highest BCUT2D eigenvalue weighted by Gasteiger charge is 2.37. The summed E-state index contributed by atoms with van der Waals surface area (Å²) in [5.41, 5.74) is -0.229. The number of amides is 1. The molecule has 1 saturated heterocycles. The highest BCUT2D eigenvalue weighted by atomic mass is 16.2. The van der Waals surface area contributed by atoms with Gasteiger partial charge in [-0.3, -0.25) is 4.79 Å². The van der Waals surface area contributed by atoms with Crippen LogP contribution < -0.4 is 10.6 Å². The fourth-order valence-electron chi connectivity index (χ4n) is 3.05. The summed E-state index contributed by atoms with van der Waals surface area (Å²) in [6, 6.07) is 0. The first-order valence-electron chi connectivity index (χ1n) is 7.59. The van der Waals surface area contributed by atoms with E-state index in [2.05, 4.69) is 24.5 Å². The van der Waals surface area contributed by atoms with E-state index >= 15 is 0 Å². The Morgan fingerprint density at radius 2 is 2.06 bits per heavy atom. The Morgan fingerprint density at radius 3 is 2.61 bits per heavy atom. The number of piperidine rings is 1. The Bertz CT molecular complexity index is 278. The highest BCUT2D eigenvalue weighted by molar-refractivity contribution is 5.82. The van der Waals surface area contributed by atoms with Gasteiger partial charge in [0.05, 0.1) is 0 Å². The molecule has 0 spiro atoms. The van der Waals surface area contributed by atoms with Crippen LogP contribution in [0.5, 0.6) is 0 Å². The molecule has 3 heteroatoms. The lowest BCUT2D eigenvalue weighted by molar-refractivity contribution is -0.132. The summed E-state index contributed by atoms with van der Waals surface area (Å²) in [4.78, 5) is 12.3. The van der Waals surface area contributed by atoms with Gasteiger partial charge in [-0.2, -0.15) is 0 Å². The average molecular weight is 252 g/mol. The molecule has 2 fully saturated rings. The number of carbonyl (C=O) groups is 1. The van der Waals surface area contributed by atoms with Crippen LogP contribution in [-0.4, -0.2) is 25.5 Å². The monoisotopic (exact) mass is 252 g/mol. The predicted octanol–water partition coefficient (Wildman–Crippen LogP) is 2.32. The predicted molar refractivity (Wildman–Crippen MR) is 74.3 cm³/mol. The van der Waals surface area contributed by atoms with Crippen molar-refractivity contribution in [3.05, 3.63) is 0 Å². The van der Waals surface area contributed by atoms with Crippen LogP contribution in [0.4, 0.5) is 0 Å². The molecule has 18 heavy (non-hydrogen) atoms. The van der Waals surface area contributed by atoms with Gasteiger partial charge in [0.15, 0.2) is 0 Å². The highest BCUT2D eigenvalue weighted by Crippen LogP contribution is 2.32. The van der Waals surface area contributed by atoms with E-state index in [1.165, 1.54) is 38.5 Å². The molecule has 1 aliphatic heterocycles.